The van der Waals surface area contributed by atoms with Gasteiger partial charge >= 0.3 is 0 Å². The Morgan fingerprint density at radius 3 is 1.85 bits per heavy atom. The van der Waals surface area contributed by atoms with Crippen LogP contribution in [0.4, 0.5) is 0 Å². The third kappa shape index (κ3) is 6.08. The van der Waals surface area contributed by atoms with Gasteiger partial charge in [-0.3, -0.25) is 0 Å². The molecule has 0 N–H and O–H groups in total. The summed E-state index contributed by atoms with van der Waals surface area (Å²) in [5, 5.41) is 5.03. The Balaban J connectivity index is 1.04. The van der Waals surface area contributed by atoms with Gasteiger partial charge in [0.25, 0.3) is 0 Å². The van der Waals surface area contributed by atoms with E-state index in [1.165, 1.54) is 69.9 Å². The molecule has 2 heterocycles. The van der Waals surface area contributed by atoms with E-state index in [1.807, 2.05) is 17.4 Å². The molecule has 0 atom stereocenters. The molecule has 1 aliphatic carbocycles. The van der Waals surface area contributed by atoms with E-state index in [0.717, 1.165) is 44.8 Å². The first kappa shape index (κ1) is 36.4. The first-order valence-electron chi connectivity index (χ1n) is 21.3. The molecule has 0 fully saturated rings. The highest BCUT2D eigenvalue weighted by molar-refractivity contribution is 7.26. The van der Waals surface area contributed by atoms with Gasteiger partial charge in [0.05, 0.1) is 11.4 Å². The van der Waals surface area contributed by atoms with Crippen LogP contribution in [0, 0.1) is 0 Å². The van der Waals surface area contributed by atoms with E-state index in [2.05, 4.69) is 214 Å². The van der Waals surface area contributed by atoms with Crippen molar-refractivity contribution in [2.45, 2.75) is 19.3 Å². The summed E-state index contributed by atoms with van der Waals surface area (Å²) in [5.41, 5.74) is 17.2. The van der Waals surface area contributed by atoms with Crippen LogP contribution in [-0.4, -0.2) is 9.97 Å². The standard InChI is InChI=1S/C59H40N2S/c1-59(2)52-24-10-8-20-48(52)49-29-28-42(35-53(49)59)40-18-12-19-43(31-40)54-36-55(61-58(60-54)38-15-4-3-5-16-38)46-33-44(41-27-26-37-14-6-7-17-39(37)30-41)32-45(34-46)47-22-13-23-51-50-21-9-11-25-56(50)62-57(47)51/h3-36H,1-2H3. The van der Waals surface area contributed by atoms with Gasteiger partial charge in [-0.15, -0.1) is 11.3 Å². The second-order valence-corrected chi connectivity index (χ2v) is 18.0. The van der Waals surface area contributed by atoms with Crippen molar-refractivity contribution in [3.8, 4) is 78.4 Å². The Morgan fingerprint density at radius 2 is 0.952 bits per heavy atom. The van der Waals surface area contributed by atoms with E-state index in [1.54, 1.807) is 0 Å². The van der Waals surface area contributed by atoms with Crippen LogP contribution in [0.2, 0.25) is 0 Å². The van der Waals surface area contributed by atoms with Crippen molar-refractivity contribution < 1.29 is 0 Å². The average molecular weight is 809 g/mol. The number of nitrogens with zero attached hydrogens (tertiary/aromatic N) is 2. The lowest BCUT2D eigenvalue weighted by Gasteiger charge is -2.22. The summed E-state index contributed by atoms with van der Waals surface area (Å²) in [6.07, 6.45) is 0. The maximum atomic E-state index is 5.36. The first-order chi connectivity index (χ1) is 30.4. The van der Waals surface area contributed by atoms with Crippen LogP contribution in [-0.2, 0) is 5.41 Å². The molecule has 2 nitrogen and oxygen atoms in total. The number of benzene rings is 9. The van der Waals surface area contributed by atoms with Gasteiger partial charge in [-0.25, -0.2) is 9.97 Å². The minimum Gasteiger partial charge on any atom is -0.228 e. The molecule has 292 valence electrons. The molecule has 1 aliphatic rings. The molecule has 0 amide bonds. The molecule has 0 aliphatic heterocycles. The van der Waals surface area contributed by atoms with Crippen LogP contribution in [0.5, 0.6) is 0 Å². The Hall–Kier alpha value is -7.46. The maximum Gasteiger partial charge on any atom is 0.160 e. The SMILES string of the molecule is CC1(C)c2ccccc2-c2ccc(-c3cccc(-c4cc(-c5cc(-c6ccc7ccccc7c6)cc(-c6cccc7c6sc6ccccc67)c5)nc(-c5ccccc5)n4)c3)cc21. The molecule has 0 spiro atoms. The minimum atomic E-state index is -0.0750. The quantitative estimate of drug-likeness (QED) is 0.167. The molecule has 3 heteroatoms. The second kappa shape index (κ2) is 14.3. The summed E-state index contributed by atoms with van der Waals surface area (Å²) in [6.45, 7) is 4.68. The molecule has 0 radical (unpaired) electrons. The van der Waals surface area contributed by atoms with Gasteiger partial charge in [-0.1, -0.05) is 172 Å². The van der Waals surface area contributed by atoms with E-state index in [-0.39, 0.29) is 5.41 Å². The summed E-state index contributed by atoms with van der Waals surface area (Å²) in [4.78, 5) is 10.7. The minimum absolute atomic E-state index is 0.0750. The molecule has 0 unspecified atom stereocenters. The maximum absolute atomic E-state index is 5.36. The van der Waals surface area contributed by atoms with E-state index < -0.39 is 0 Å². The molecule has 9 aromatic carbocycles. The smallest absolute Gasteiger partial charge is 0.160 e. The highest BCUT2D eigenvalue weighted by atomic mass is 32.1. The van der Waals surface area contributed by atoms with Crippen LogP contribution >= 0.6 is 11.3 Å². The van der Waals surface area contributed by atoms with Crippen LogP contribution in [0.3, 0.4) is 0 Å². The van der Waals surface area contributed by atoms with Crippen molar-refractivity contribution in [1.82, 2.24) is 9.97 Å². The molecule has 0 saturated carbocycles. The number of rotatable bonds is 6. The van der Waals surface area contributed by atoms with Crippen molar-refractivity contribution in [1.29, 1.82) is 0 Å². The van der Waals surface area contributed by atoms with Crippen LogP contribution in [0.15, 0.2) is 206 Å². The Bertz CT molecular complexity index is 3560. The zero-order chi connectivity index (χ0) is 41.4. The molecular formula is C59H40N2S. The van der Waals surface area contributed by atoms with E-state index in [4.69, 9.17) is 9.97 Å². The zero-order valence-corrected chi connectivity index (χ0v) is 35.2. The summed E-state index contributed by atoms with van der Waals surface area (Å²) in [7, 11) is 0. The fraction of sp³-hybridized carbons (Fsp3) is 0.0508. The largest absolute Gasteiger partial charge is 0.228 e. The third-order valence-corrected chi connectivity index (χ3v) is 14.1. The highest BCUT2D eigenvalue weighted by Gasteiger charge is 2.35. The van der Waals surface area contributed by atoms with Gasteiger partial charge in [-0.05, 0) is 115 Å². The Kier molecular flexibility index (Phi) is 8.41. The summed E-state index contributed by atoms with van der Waals surface area (Å²) < 4.78 is 2.59. The zero-order valence-electron chi connectivity index (χ0n) is 34.4. The van der Waals surface area contributed by atoms with E-state index in [0.29, 0.717) is 5.82 Å². The number of hydrogen-bond acceptors (Lipinski definition) is 3. The molecule has 12 rings (SSSR count). The lowest BCUT2D eigenvalue weighted by molar-refractivity contribution is 0.660. The number of aromatic nitrogens is 2. The monoisotopic (exact) mass is 808 g/mol. The molecular weight excluding hydrogens is 769 g/mol. The topological polar surface area (TPSA) is 25.8 Å². The van der Waals surface area contributed by atoms with Crippen molar-refractivity contribution in [2.75, 3.05) is 0 Å². The summed E-state index contributed by atoms with van der Waals surface area (Å²) >= 11 is 1.86. The number of fused-ring (bicyclic) bond motifs is 7. The van der Waals surface area contributed by atoms with Crippen molar-refractivity contribution in [3.63, 3.8) is 0 Å². The van der Waals surface area contributed by atoms with E-state index in [9.17, 15) is 0 Å². The predicted molar refractivity (Wildman–Crippen MR) is 263 cm³/mol. The van der Waals surface area contributed by atoms with Crippen LogP contribution in [0.25, 0.3) is 109 Å². The number of hydrogen-bond donors (Lipinski definition) is 0. The molecule has 0 saturated heterocycles. The average Bonchev–Trinajstić information content (AvgIpc) is 3.83. The lowest BCUT2D eigenvalue weighted by Crippen LogP contribution is -2.14. The van der Waals surface area contributed by atoms with Crippen LogP contribution < -0.4 is 0 Å². The molecule has 62 heavy (non-hydrogen) atoms. The first-order valence-corrected chi connectivity index (χ1v) is 22.1. The van der Waals surface area contributed by atoms with Crippen molar-refractivity contribution in [3.05, 3.63) is 217 Å². The third-order valence-electron chi connectivity index (χ3n) is 12.9. The predicted octanol–water partition coefficient (Wildman–Crippen LogP) is 16.3. The Labute approximate surface area is 365 Å². The van der Waals surface area contributed by atoms with Crippen LogP contribution in [0.1, 0.15) is 25.0 Å². The fourth-order valence-corrected chi connectivity index (χ4v) is 10.9. The van der Waals surface area contributed by atoms with Crippen molar-refractivity contribution >= 4 is 42.3 Å². The fourth-order valence-electron chi connectivity index (χ4n) is 9.64. The molecule has 0 bridgehead atoms. The molecule has 2 aromatic heterocycles. The lowest BCUT2D eigenvalue weighted by atomic mass is 9.81. The van der Waals surface area contributed by atoms with Gasteiger partial charge in [0.15, 0.2) is 5.82 Å². The van der Waals surface area contributed by atoms with E-state index >= 15 is 0 Å². The Morgan fingerprint density at radius 1 is 0.355 bits per heavy atom. The van der Waals surface area contributed by atoms with Crippen molar-refractivity contribution in [2.24, 2.45) is 0 Å². The van der Waals surface area contributed by atoms with Gasteiger partial charge < -0.3 is 0 Å². The number of thiophene rings is 1. The van der Waals surface area contributed by atoms with Gasteiger partial charge in [0.2, 0.25) is 0 Å². The molecule has 11 aromatic rings. The van der Waals surface area contributed by atoms with Gasteiger partial charge in [0.1, 0.15) is 0 Å². The second-order valence-electron chi connectivity index (χ2n) is 17.0. The van der Waals surface area contributed by atoms with Gasteiger partial charge in [0, 0.05) is 42.3 Å². The normalized spacial score (nSPS) is 12.8. The highest BCUT2D eigenvalue weighted by Crippen LogP contribution is 2.50. The van der Waals surface area contributed by atoms with Gasteiger partial charge in [-0.2, -0.15) is 0 Å². The summed E-state index contributed by atoms with van der Waals surface area (Å²) in [6, 6.07) is 75.0. The summed E-state index contributed by atoms with van der Waals surface area (Å²) in [5.74, 6) is 0.699.